The van der Waals surface area contributed by atoms with Crippen molar-refractivity contribution in [3.63, 3.8) is 0 Å². The Hall–Kier alpha value is -3.01. The van der Waals surface area contributed by atoms with E-state index in [1.165, 1.54) is 0 Å². The Morgan fingerprint density at radius 3 is 2.36 bits per heavy atom. The molecule has 0 spiro atoms. The molecule has 1 N–H and O–H groups in total. The normalized spacial score (nSPS) is 11.7. The van der Waals surface area contributed by atoms with Gasteiger partial charge >= 0.3 is 0 Å². The third-order valence-electron chi connectivity index (χ3n) is 4.07. The van der Waals surface area contributed by atoms with Crippen molar-refractivity contribution in [2.24, 2.45) is 0 Å². The van der Waals surface area contributed by atoms with E-state index in [0.29, 0.717) is 12.8 Å². The van der Waals surface area contributed by atoms with Gasteiger partial charge in [0.15, 0.2) is 0 Å². The maximum absolute atomic E-state index is 12.4. The molecule has 0 saturated heterocycles. The fraction of sp³-hybridized carbons (Fsp3) is 0.190. The number of rotatable bonds is 7. The van der Waals surface area contributed by atoms with Crippen molar-refractivity contribution in [1.29, 1.82) is 0 Å². The number of nitrogens with one attached hydrogen (secondary N) is 1. The Kier molecular flexibility index (Phi) is 5.52. The molecule has 0 aliphatic carbocycles. The lowest BCUT2D eigenvalue weighted by atomic mass is 9.98. The topological polar surface area (TPSA) is 51.5 Å². The van der Waals surface area contributed by atoms with Crippen LogP contribution in [0.25, 0.3) is 0 Å². The van der Waals surface area contributed by atoms with Crippen molar-refractivity contribution in [3.8, 4) is 5.75 Å². The van der Waals surface area contributed by atoms with Gasteiger partial charge in [0.05, 0.1) is 19.4 Å². The van der Waals surface area contributed by atoms with Crippen molar-refractivity contribution >= 4 is 5.91 Å². The van der Waals surface area contributed by atoms with Crippen LogP contribution in [0.4, 0.5) is 0 Å². The largest absolute Gasteiger partial charge is 0.497 e. The summed E-state index contributed by atoms with van der Waals surface area (Å²) < 4.78 is 10.5. The van der Waals surface area contributed by atoms with Gasteiger partial charge in [0.2, 0.25) is 5.91 Å². The first kappa shape index (κ1) is 16.8. The molecule has 1 atom stereocenters. The highest BCUT2D eigenvalue weighted by Crippen LogP contribution is 2.24. The van der Waals surface area contributed by atoms with E-state index < -0.39 is 0 Å². The fourth-order valence-electron chi connectivity index (χ4n) is 2.73. The van der Waals surface area contributed by atoms with Crippen molar-refractivity contribution in [2.75, 3.05) is 7.11 Å². The van der Waals surface area contributed by atoms with E-state index in [9.17, 15) is 4.79 Å². The maximum Gasteiger partial charge on any atom is 0.221 e. The molecule has 0 radical (unpaired) electrons. The molecule has 2 aromatic carbocycles. The first-order valence-electron chi connectivity index (χ1n) is 8.27. The van der Waals surface area contributed by atoms with E-state index in [-0.39, 0.29) is 11.9 Å². The summed E-state index contributed by atoms with van der Waals surface area (Å²) >= 11 is 0. The molecule has 0 unspecified atom stereocenters. The van der Waals surface area contributed by atoms with Gasteiger partial charge in [0.1, 0.15) is 11.5 Å². The van der Waals surface area contributed by atoms with Gasteiger partial charge in [-0.1, -0.05) is 42.5 Å². The molecule has 128 valence electrons. The van der Waals surface area contributed by atoms with Gasteiger partial charge in [-0.25, -0.2) is 0 Å². The highest BCUT2D eigenvalue weighted by molar-refractivity contribution is 5.77. The van der Waals surface area contributed by atoms with E-state index in [1.807, 2.05) is 66.7 Å². The van der Waals surface area contributed by atoms with Crippen LogP contribution >= 0.6 is 0 Å². The molecule has 3 rings (SSSR count). The lowest BCUT2D eigenvalue weighted by Crippen LogP contribution is -2.29. The summed E-state index contributed by atoms with van der Waals surface area (Å²) in [7, 11) is 1.64. The summed E-state index contributed by atoms with van der Waals surface area (Å²) in [6, 6.07) is 21.2. The summed E-state index contributed by atoms with van der Waals surface area (Å²) in [5.74, 6) is 1.59. The first-order chi connectivity index (χ1) is 12.3. The average molecular weight is 335 g/mol. The molecule has 4 heteroatoms. The molecule has 25 heavy (non-hydrogen) atoms. The van der Waals surface area contributed by atoms with E-state index in [2.05, 4.69) is 5.32 Å². The monoisotopic (exact) mass is 335 g/mol. The minimum Gasteiger partial charge on any atom is -0.497 e. The smallest absolute Gasteiger partial charge is 0.221 e. The predicted octanol–water partition coefficient (Wildman–Crippen LogP) is 4.13. The molecular formula is C21H21NO3. The molecule has 1 amide bonds. The van der Waals surface area contributed by atoms with Crippen LogP contribution in [0.3, 0.4) is 0 Å². The molecule has 1 aromatic heterocycles. The number of aryl methyl sites for hydroxylation is 1. The SMILES string of the molecule is COc1ccc([C@@H](NC(=O)CCc2ccco2)c2ccccc2)cc1. The van der Waals surface area contributed by atoms with Gasteiger partial charge in [-0.2, -0.15) is 0 Å². The zero-order valence-corrected chi connectivity index (χ0v) is 14.1. The van der Waals surface area contributed by atoms with Gasteiger partial charge in [-0.3, -0.25) is 4.79 Å². The van der Waals surface area contributed by atoms with Crippen molar-refractivity contribution in [1.82, 2.24) is 5.32 Å². The Bertz CT molecular complexity index is 780. The van der Waals surface area contributed by atoms with Crippen molar-refractivity contribution < 1.29 is 13.9 Å². The zero-order chi connectivity index (χ0) is 17.5. The van der Waals surface area contributed by atoms with Crippen LogP contribution in [0.15, 0.2) is 77.4 Å². The Morgan fingerprint density at radius 1 is 1.00 bits per heavy atom. The van der Waals surface area contributed by atoms with E-state index >= 15 is 0 Å². The molecule has 1 heterocycles. The number of hydrogen-bond donors (Lipinski definition) is 1. The second-order valence-electron chi connectivity index (χ2n) is 5.76. The first-order valence-corrected chi connectivity index (χ1v) is 8.27. The standard InChI is InChI=1S/C21H21NO3/c1-24-18-11-9-17(10-12-18)21(16-6-3-2-4-7-16)22-20(23)14-13-19-8-5-15-25-19/h2-12,15,21H,13-14H2,1H3,(H,22,23)/t21-/m0/s1. The lowest BCUT2D eigenvalue weighted by Gasteiger charge is -2.20. The second kappa shape index (κ2) is 8.20. The molecule has 0 bridgehead atoms. The van der Waals surface area contributed by atoms with Crippen LogP contribution in [-0.2, 0) is 11.2 Å². The van der Waals surface area contributed by atoms with Crippen molar-refractivity contribution in [3.05, 3.63) is 89.9 Å². The molecule has 0 aliphatic heterocycles. The number of amides is 1. The van der Waals surface area contributed by atoms with Crippen LogP contribution in [0.2, 0.25) is 0 Å². The zero-order valence-electron chi connectivity index (χ0n) is 14.1. The molecule has 4 nitrogen and oxygen atoms in total. The Morgan fingerprint density at radius 2 is 1.72 bits per heavy atom. The molecular weight excluding hydrogens is 314 g/mol. The van der Waals surface area contributed by atoms with Gasteiger partial charge in [0, 0.05) is 12.8 Å². The number of benzene rings is 2. The number of carbonyl (C=O) groups is 1. The number of carbonyl (C=O) groups excluding carboxylic acids is 1. The van der Waals surface area contributed by atoms with Crippen LogP contribution in [0.1, 0.15) is 29.3 Å². The maximum atomic E-state index is 12.4. The number of methoxy groups -OCH3 is 1. The van der Waals surface area contributed by atoms with Crippen molar-refractivity contribution in [2.45, 2.75) is 18.9 Å². The quantitative estimate of drug-likeness (QED) is 0.706. The van der Waals surface area contributed by atoms with E-state index in [1.54, 1.807) is 13.4 Å². The van der Waals surface area contributed by atoms with Gasteiger partial charge < -0.3 is 14.5 Å². The van der Waals surface area contributed by atoms with E-state index in [0.717, 1.165) is 22.6 Å². The second-order valence-corrected chi connectivity index (χ2v) is 5.76. The third kappa shape index (κ3) is 4.51. The molecule has 0 fully saturated rings. The Labute approximate surface area is 147 Å². The highest BCUT2D eigenvalue weighted by Gasteiger charge is 2.17. The highest BCUT2D eigenvalue weighted by atomic mass is 16.5. The molecule has 0 saturated carbocycles. The summed E-state index contributed by atoms with van der Waals surface area (Å²) in [4.78, 5) is 12.4. The fourth-order valence-corrected chi connectivity index (χ4v) is 2.73. The van der Waals surface area contributed by atoms with Gasteiger partial charge in [-0.15, -0.1) is 0 Å². The molecule has 3 aromatic rings. The van der Waals surface area contributed by atoms with Crippen LogP contribution < -0.4 is 10.1 Å². The van der Waals surface area contributed by atoms with Gasteiger partial charge in [-0.05, 0) is 35.4 Å². The van der Waals surface area contributed by atoms with Crippen LogP contribution in [0, 0.1) is 0 Å². The van der Waals surface area contributed by atoms with Crippen LogP contribution in [0.5, 0.6) is 5.75 Å². The van der Waals surface area contributed by atoms with Crippen LogP contribution in [-0.4, -0.2) is 13.0 Å². The minimum absolute atomic E-state index is 0.0129. The Balaban J connectivity index is 1.75. The molecule has 0 aliphatic rings. The summed E-state index contributed by atoms with van der Waals surface area (Å²) in [5.41, 5.74) is 2.05. The number of hydrogen-bond acceptors (Lipinski definition) is 3. The number of ether oxygens (including phenoxy) is 1. The lowest BCUT2D eigenvalue weighted by molar-refractivity contribution is -0.121. The summed E-state index contributed by atoms with van der Waals surface area (Å²) in [5, 5.41) is 3.13. The predicted molar refractivity (Wildman–Crippen MR) is 96.5 cm³/mol. The van der Waals surface area contributed by atoms with E-state index in [4.69, 9.17) is 9.15 Å². The third-order valence-corrected chi connectivity index (χ3v) is 4.07. The van der Waals surface area contributed by atoms with Gasteiger partial charge in [0.25, 0.3) is 0 Å². The average Bonchev–Trinajstić information content (AvgIpc) is 3.19. The summed E-state index contributed by atoms with van der Waals surface area (Å²) in [6.07, 6.45) is 2.59. The number of furan rings is 1. The minimum atomic E-state index is -0.198. The summed E-state index contributed by atoms with van der Waals surface area (Å²) in [6.45, 7) is 0.